The van der Waals surface area contributed by atoms with E-state index < -0.39 is 10.0 Å². The molecule has 0 aliphatic heterocycles. The molecule has 0 atom stereocenters. The molecule has 0 radical (unpaired) electrons. The number of guanidine groups is 1. The fourth-order valence-corrected chi connectivity index (χ4v) is 3.49. The smallest absolute Gasteiger partial charge is 0.213 e. The Kier molecular flexibility index (Phi) is 9.54. The maximum atomic E-state index is 11.7. The Hall–Kier alpha value is -1.33. The maximum absolute atomic E-state index is 11.7. The number of nitrogens with one attached hydrogen (secondary N) is 2. The third-order valence-corrected chi connectivity index (χ3v) is 6.23. The quantitative estimate of drug-likeness (QED) is 0.248. The Morgan fingerprint density at radius 3 is 2.59 bits per heavy atom. The number of rotatable bonds is 8. The van der Waals surface area contributed by atoms with Crippen LogP contribution in [-0.2, 0) is 16.6 Å². The molecule has 0 bridgehead atoms. The fraction of sp³-hybridized carbons (Fsp3) is 0.500. The molecule has 2 rings (SSSR count). The summed E-state index contributed by atoms with van der Waals surface area (Å²) in [5.74, 6) is 1.66. The molecule has 1 heterocycles. The molecule has 2 N–H and O–H groups in total. The minimum Gasteiger partial charge on any atom is -0.459 e. The van der Waals surface area contributed by atoms with Gasteiger partial charge in [-0.25, -0.2) is 12.7 Å². The number of sulfonamides is 1. The predicted molar refractivity (Wildman–Crippen MR) is 121 cm³/mol. The van der Waals surface area contributed by atoms with Gasteiger partial charge in [0.05, 0.1) is 12.3 Å². The number of hydrogen-bond donors (Lipinski definition) is 2. The van der Waals surface area contributed by atoms with Crippen molar-refractivity contribution in [3.63, 3.8) is 0 Å². The molecule has 1 aromatic heterocycles. The van der Waals surface area contributed by atoms with E-state index in [9.17, 15) is 8.42 Å². The number of nitrogens with zero attached hydrogens (tertiary/aromatic N) is 2. The molecule has 0 aliphatic rings. The third-order valence-electron chi connectivity index (χ3n) is 4.36. The van der Waals surface area contributed by atoms with Crippen LogP contribution in [0.2, 0.25) is 0 Å². The lowest BCUT2D eigenvalue weighted by molar-refractivity contribution is 0.461. The van der Waals surface area contributed by atoms with Gasteiger partial charge in [-0.3, -0.25) is 4.99 Å². The van der Waals surface area contributed by atoms with Crippen LogP contribution >= 0.6 is 24.0 Å². The number of furan rings is 1. The van der Waals surface area contributed by atoms with Gasteiger partial charge in [0.2, 0.25) is 10.0 Å². The van der Waals surface area contributed by atoms with Crippen molar-refractivity contribution in [1.82, 2.24) is 14.9 Å². The molecule has 0 aliphatic carbocycles. The molecule has 0 unspecified atom stereocenters. The summed E-state index contributed by atoms with van der Waals surface area (Å²) in [4.78, 5) is 4.19. The van der Waals surface area contributed by atoms with Gasteiger partial charge in [-0.2, -0.15) is 0 Å². The number of aryl methyl sites for hydroxylation is 1. The average Bonchev–Trinajstić information content (AvgIpc) is 2.97. The Morgan fingerprint density at radius 1 is 1.26 bits per heavy atom. The van der Waals surface area contributed by atoms with Crippen LogP contribution in [0.1, 0.15) is 24.7 Å². The minimum absolute atomic E-state index is 0. The number of aliphatic imine (C=N–C) groups is 1. The predicted octanol–water partition coefficient (Wildman–Crippen LogP) is 2.70. The highest BCUT2D eigenvalue weighted by atomic mass is 127. The molecule has 0 saturated heterocycles. The second-order valence-corrected chi connectivity index (χ2v) is 8.44. The van der Waals surface area contributed by atoms with Gasteiger partial charge in [-0.05, 0) is 26.3 Å². The second kappa shape index (κ2) is 10.9. The Labute approximate surface area is 178 Å². The molecule has 0 saturated carbocycles. The number of hydrogen-bond acceptors (Lipinski definition) is 4. The summed E-state index contributed by atoms with van der Waals surface area (Å²) in [6, 6.07) is 7.96. The summed E-state index contributed by atoms with van der Waals surface area (Å²) in [7, 11) is 0.189. The van der Waals surface area contributed by atoms with Crippen LogP contribution < -0.4 is 10.6 Å². The van der Waals surface area contributed by atoms with E-state index in [0.717, 1.165) is 22.3 Å². The van der Waals surface area contributed by atoms with Gasteiger partial charge in [-0.1, -0.05) is 18.2 Å². The molecule has 0 amide bonds. The first-order valence-corrected chi connectivity index (χ1v) is 10.4. The summed E-state index contributed by atoms with van der Waals surface area (Å²) in [5, 5.41) is 7.54. The lowest BCUT2D eigenvalue weighted by Gasteiger charge is -2.16. The van der Waals surface area contributed by atoms with Crippen molar-refractivity contribution >= 4 is 50.9 Å². The molecule has 1 aromatic carbocycles. The zero-order valence-electron chi connectivity index (χ0n) is 16.3. The maximum Gasteiger partial charge on any atom is 0.213 e. The van der Waals surface area contributed by atoms with E-state index in [0.29, 0.717) is 32.0 Å². The molecule has 2 aromatic rings. The summed E-state index contributed by atoms with van der Waals surface area (Å²) in [6.45, 7) is 5.33. The van der Waals surface area contributed by atoms with Crippen LogP contribution in [0.5, 0.6) is 0 Å². The topological polar surface area (TPSA) is 86.9 Å². The SMILES string of the molecule is CCS(=O)(=O)N(C)CCCNC(=NC)NCc1oc2ccccc2c1C.I. The van der Waals surface area contributed by atoms with E-state index in [-0.39, 0.29) is 29.7 Å². The van der Waals surface area contributed by atoms with Gasteiger partial charge in [0.15, 0.2) is 5.96 Å². The summed E-state index contributed by atoms with van der Waals surface area (Å²) in [5.41, 5.74) is 2.00. The summed E-state index contributed by atoms with van der Waals surface area (Å²) in [6.07, 6.45) is 0.695. The fourth-order valence-electron chi connectivity index (χ4n) is 2.65. The van der Waals surface area contributed by atoms with Crippen molar-refractivity contribution in [3.05, 3.63) is 35.6 Å². The third kappa shape index (κ3) is 6.35. The second-order valence-electron chi connectivity index (χ2n) is 6.07. The molecule has 0 fully saturated rings. The largest absolute Gasteiger partial charge is 0.459 e. The molecule has 9 heteroatoms. The van der Waals surface area contributed by atoms with Gasteiger partial charge in [0, 0.05) is 38.1 Å². The van der Waals surface area contributed by atoms with Crippen LogP contribution in [-0.4, -0.2) is 51.6 Å². The summed E-state index contributed by atoms with van der Waals surface area (Å²) < 4.78 is 30.7. The van der Waals surface area contributed by atoms with Crippen molar-refractivity contribution in [2.24, 2.45) is 4.99 Å². The van der Waals surface area contributed by atoms with Crippen LogP contribution in [0.4, 0.5) is 0 Å². The zero-order chi connectivity index (χ0) is 19.2. The Morgan fingerprint density at radius 2 is 1.96 bits per heavy atom. The lowest BCUT2D eigenvalue weighted by atomic mass is 10.1. The number of benzene rings is 1. The van der Waals surface area contributed by atoms with E-state index in [1.54, 1.807) is 21.0 Å². The Bertz CT molecular complexity index is 865. The molecular formula is C18H29IN4O3S. The molecule has 0 spiro atoms. The number of halogens is 1. The minimum atomic E-state index is -3.12. The van der Waals surface area contributed by atoms with E-state index >= 15 is 0 Å². The molecular weight excluding hydrogens is 479 g/mol. The number of para-hydroxylation sites is 1. The standard InChI is InChI=1S/C18H28N4O3S.HI/c1-5-26(23,24)22(4)12-8-11-20-18(19-3)21-13-17-14(2)15-9-6-7-10-16(15)25-17;/h6-7,9-10H,5,8,11-13H2,1-4H3,(H2,19,20,21);1H. The van der Waals surface area contributed by atoms with E-state index in [2.05, 4.69) is 15.6 Å². The normalized spacial score (nSPS) is 12.3. The van der Waals surface area contributed by atoms with E-state index in [4.69, 9.17) is 4.42 Å². The molecule has 27 heavy (non-hydrogen) atoms. The van der Waals surface area contributed by atoms with Gasteiger partial charge in [-0.15, -0.1) is 24.0 Å². The van der Waals surface area contributed by atoms with E-state index in [1.807, 2.05) is 31.2 Å². The van der Waals surface area contributed by atoms with Gasteiger partial charge in [0.25, 0.3) is 0 Å². The summed E-state index contributed by atoms with van der Waals surface area (Å²) >= 11 is 0. The van der Waals surface area contributed by atoms with Crippen LogP contribution in [0, 0.1) is 6.92 Å². The average molecular weight is 508 g/mol. The van der Waals surface area contributed by atoms with Gasteiger partial charge in [0.1, 0.15) is 11.3 Å². The van der Waals surface area contributed by atoms with Crippen molar-refractivity contribution in [2.75, 3.05) is 32.9 Å². The van der Waals surface area contributed by atoms with Crippen molar-refractivity contribution in [1.29, 1.82) is 0 Å². The highest BCUT2D eigenvalue weighted by Crippen LogP contribution is 2.24. The van der Waals surface area contributed by atoms with E-state index in [1.165, 1.54) is 4.31 Å². The molecule has 152 valence electrons. The monoisotopic (exact) mass is 508 g/mol. The highest BCUT2D eigenvalue weighted by Gasteiger charge is 2.14. The van der Waals surface area contributed by atoms with Crippen LogP contribution in [0.25, 0.3) is 11.0 Å². The first kappa shape index (κ1) is 23.7. The number of fused-ring (bicyclic) bond motifs is 1. The van der Waals surface area contributed by atoms with Crippen molar-refractivity contribution in [3.8, 4) is 0 Å². The highest BCUT2D eigenvalue weighted by molar-refractivity contribution is 14.0. The van der Waals surface area contributed by atoms with Crippen LogP contribution in [0.15, 0.2) is 33.7 Å². The van der Waals surface area contributed by atoms with Crippen molar-refractivity contribution in [2.45, 2.75) is 26.8 Å². The van der Waals surface area contributed by atoms with Crippen molar-refractivity contribution < 1.29 is 12.8 Å². The first-order chi connectivity index (χ1) is 12.4. The lowest BCUT2D eigenvalue weighted by Crippen LogP contribution is -2.38. The van der Waals surface area contributed by atoms with Gasteiger partial charge >= 0.3 is 0 Å². The first-order valence-electron chi connectivity index (χ1n) is 8.74. The zero-order valence-corrected chi connectivity index (χ0v) is 19.4. The van der Waals surface area contributed by atoms with Gasteiger partial charge < -0.3 is 15.1 Å². The Balaban J connectivity index is 0.00000364. The molecule has 7 nitrogen and oxygen atoms in total. The van der Waals surface area contributed by atoms with Crippen LogP contribution in [0.3, 0.4) is 0 Å².